The summed E-state index contributed by atoms with van der Waals surface area (Å²) >= 11 is 4.62. The number of rotatable bonds is 3. The molecule has 0 bridgehead atoms. The van der Waals surface area contributed by atoms with Crippen molar-refractivity contribution >= 4 is 43.2 Å². The predicted molar refractivity (Wildman–Crippen MR) is 79.2 cm³/mol. The summed E-state index contributed by atoms with van der Waals surface area (Å²) < 4.78 is 25.4. The summed E-state index contributed by atoms with van der Waals surface area (Å²) in [6.07, 6.45) is 1.39. The van der Waals surface area contributed by atoms with Crippen LogP contribution in [0.1, 0.15) is 4.88 Å². The van der Waals surface area contributed by atoms with Crippen LogP contribution in [-0.2, 0) is 9.84 Å². The fourth-order valence-corrected chi connectivity index (χ4v) is 3.56. The molecule has 96 valence electrons. The van der Waals surface area contributed by atoms with Crippen molar-refractivity contribution in [1.29, 1.82) is 5.26 Å². The van der Waals surface area contributed by atoms with Crippen molar-refractivity contribution in [2.45, 2.75) is 4.90 Å². The first-order valence-corrected chi connectivity index (χ1v) is 8.35. The molecule has 0 fully saturated rings. The van der Waals surface area contributed by atoms with Gasteiger partial charge in [0.05, 0.1) is 4.90 Å². The molecule has 0 atom stereocenters. The van der Waals surface area contributed by atoms with Crippen molar-refractivity contribution in [3.63, 3.8) is 0 Å². The maximum absolute atomic E-state index is 12.3. The Balaban J connectivity index is 2.49. The van der Waals surface area contributed by atoms with E-state index in [2.05, 4.69) is 15.9 Å². The van der Waals surface area contributed by atoms with E-state index in [9.17, 15) is 8.42 Å². The van der Waals surface area contributed by atoms with E-state index in [0.29, 0.717) is 0 Å². The number of sulfone groups is 1. The minimum absolute atomic E-state index is 0.111. The first kappa shape index (κ1) is 14.0. The Labute approximate surface area is 123 Å². The molecule has 0 saturated carbocycles. The molecule has 0 aliphatic heterocycles. The Morgan fingerprint density at radius 1 is 1.26 bits per heavy atom. The molecule has 1 aromatic heterocycles. The third-order valence-corrected chi connectivity index (χ3v) is 5.37. The van der Waals surface area contributed by atoms with Crippen molar-refractivity contribution in [2.24, 2.45) is 0 Å². The van der Waals surface area contributed by atoms with Gasteiger partial charge in [0, 0.05) is 9.35 Å². The average Bonchev–Trinajstić information content (AvgIpc) is 2.89. The monoisotopic (exact) mass is 353 g/mol. The van der Waals surface area contributed by atoms with Crippen LogP contribution in [0.25, 0.3) is 6.08 Å². The Morgan fingerprint density at radius 2 is 1.95 bits per heavy atom. The van der Waals surface area contributed by atoms with Crippen LogP contribution < -0.4 is 0 Å². The zero-order valence-corrected chi connectivity index (χ0v) is 12.8. The molecule has 0 amide bonds. The van der Waals surface area contributed by atoms with Crippen LogP contribution in [0.2, 0.25) is 0 Å². The lowest BCUT2D eigenvalue weighted by atomic mass is 10.4. The maximum atomic E-state index is 12.3. The highest BCUT2D eigenvalue weighted by Crippen LogP contribution is 2.24. The van der Waals surface area contributed by atoms with Crippen molar-refractivity contribution in [3.8, 4) is 6.07 Å². The van der Waals surface area contributed by atoms with Gasteiger partial charge in [-0.3, -0.25) is 0 Å². The molecule has 2 rings (SSSR count). The molecule has 0 N–H and O–H groups in total. The first-order valence-electron chi connectivity index (χ1n) is 5.20. The fourth-order valence-electron chi connectivity index (χ4n) is 1.41. The standard InChI is InChI=1S/C13H8BrNO2S2/c14-10-3-5-12(6-4-10)19(16,17)13(9-15)8-11-2-1-7-18-11/h1-8H/b13-8-. The summed E-state index contributed by atoms with van der Waals surface area (Å²) in [5, 5.41) is 10.9. The van der Waals surface area contributed by atoms with E-state index in [1.165, 1.54) is 29.5 Å². The summed E-state index contributed by atoms with van der Waals surface area (Å²) in [6.45, 7) is 0. The quantitative estimate of drug-likeness (QED) is 0.787. The number of nitriles is 1. The molecule has 0 unspecified atom stereocenters. The molecule has 0 spiro atoms. The maximum Gasteiger partial charge on any atom is 0.216 e. The van der Waals surface area contributed by atoms with Gasteiger partial charge in [-0.1, -0.05) is 22.0 Å². The van der Waals surface area contributed by atoms with Crippen LogP contribution in [0.15, 0.2) is 56.1 Å². The van der Waals surface area contributed by atoms with Gasteiger partial charge < -0.3 is 0 Å². The zero-order chi connectivity index (χ0) is 13.9. The van der Waals surface area contributed by atoms with Gasteiger partial charge in [0.25, 0.3) is 0 Å². The van der Waals surface area contributed by atoms with Gasteiger partial charge in [0.1, 0.15) is 6.07 Å². The summed E-state index contributed by atoms with van der Waals surface area (Å²) in [7, 11) is -3.76. The first-order chi connectivity index (χ1) is 9.04. The molecule has 1 heterocycles. The van der Waals surface area contributed by atoms with Gasteiger partial charge in [-0.25, -0.2) is 8.42 Å². The molecule has 3 nitrogen and oxygen atoms in total. The normalized spacial score (nSPS) is 12.1. The molecule has 0 radical (unpaired) electrons. The lowest BCUT2D eigenvalue weighted by Crippen LogP contribution is -2.03. The van der Waals surface area contributed by atoms with Crippen LogP contribution in [0, 0.1) is 11.3 Å². The third kappa shape index (κ3) is 3.13. The van der Waals surface area contributed by atoms with Crippen LogP contribution in [0.5, 0.6) is 0 Å². The van der Waals surface area contributed by atoms with E-state index >= 15 is 0 Å². The van der Waals surface area contributed by atoms with Gasteiger partial charge in [-0.2, -0.15) is 5.26 Å². The average molecular weight is 354 g/mol. The van der Waals surface area contributed by atoms with Crippen LogP contribution >= 0.6 is 27.3 Å². The molecule has 0 aliphatic carbocycles. The van der Waals surface area contributed by atoms with Crippen molar-refractivity contribution in [2.75, 3.05) is 0 Å². The number of halogens is 1. The highest BCUT2D eigenvalue weighted by atomic mass is 79.9. The summed E-state index contributed by atoms with van der Waals surface area (Å²) in [4.78, 5) is 0.592. The fraction of sp³-hybridized carbons (Fsp3) is 0. The van der Waals surface area contributed by atoms with Crippen LogP contribution in [0.3, 0.4) is 0 Å². The molecule has 6 heteroatoms. The number of hydrogen-bond acceptors (Lipinski definition) is 4. The second kappa shape index (κ2) is 5.70. The summed E-state index contributed by atoms with van der Waals surface area (Å²) in [5.74, 6) is 0. The zero-order valence-electron chi connectivity index (χ0n) is 9.58. The van der Waals surface area contributed by atoms with Gasteiger partial charge in [-0.05, 0) is 41.8 Å². The molecule has 2 aromatic rings. The topological polar surface area (TPSA) is 57.9 Å². The van der Waals surface area contributed by atoms with Crippen molar-refractivity contribution in [3.05, 3.63) is 56.0 Å². The number of thiophene rings is 1. The van der Waals surface area contributed by atoms with Crippen LogP contribution in [0.4, 0.5) is 0 Å². The van der Waals surface area contributed by atoms with Gasteiger partial charge in [-0.15, -0.1) is 11.3 Å². The Bertz CT molecular complexity index is 739. The van der Waals surface area contributed by atoms with Gasteiger partial charge >= 0.3 is 0 Å². The molecule has 0 saturated heterocycles. The molecule has 1 aromatic carbocycles. The van der Waals surface area contributed by atoms with E-state index in [1.54, 1.807) is 30.3 Å². The second-order valence-electron chi connectivity index (χ2n) is 3.59. The number of allylic oxidation sites excluding steroid dienone is 1. The lowest BCUT2D eigenvalue weighted by molar-refractivity contribution is 0.603. The number of hydrogen-bond donors (Lipinski definition) is 0. The van der Waals surface area contributed by atoms with Gasteiger partial charge in [0.2, 0.25) is 9.84 Å². The largest absolute Gasteiger partial charge is 0.218 e. The van der Waals surface area contributed by atoms with E-state index in [-0.39, 0.29) is 9.80 Å². The van der Waals surface area contributed by atoms with E-state index in [4.69, 9.17) is 5.26 Å². The second-order valence-corrected chi connectivity index (χ2v) is 7.41. The Morgan fingerprint density at radius 3 is 2.47 bits per heavy atom. The van der Waals surface area contributed by atoms with E-state index < -0.39 is 9.84 Å². The van der Waals surface area contributed by atoms with Crippen molar-refractivity contribution < 1.29 is 8.42 Å². The highest BCUT2D eigenvalue weighted by Gasteiger charge is 2.20. The summed E-state index contributed by atoms with van der Waals surface area (Å²) in [5.41, 5.74) is 0. The molecule has 0 aliphatic rings. The smallest absolute Gasteiger partial charge is 0.216 e. The number of nitrogens with zero attached hydrogens (tertiary/aromatic N) is 1. The molecular formula is C13H8BrNO2S2. The highest BCUT2D eigenvalue weighted by molar-refractivity contribution is 9.10. The predicted octanol–water partition coefficient (Wildman–Crippen LogP) is 3.85. The minimum atomic E-state index is -3.76. The summed E-state index contributed by atoms with van der Waals surface area (Å²) in [6, 6.07) is 11.5. The lowest BCUT2D eigenvalue weighted by Gasteiger charge is -2.02. The number of benzene rings is 1. The van der Waals surface area contributed by atoms with Crippen LogP contribution in [-0.4, -0.2) is 8.42 Å². The minimum Gasteiger partial charge on any atom is -0.218 e. The van der Waals surface area contributed by atoms with E-state index in [1.807, 2.05) is 5.38 Å². The molecular weight excluding hydrogens is 346 g/mol. The Kier molecular flexibility index (Phi) is 4.20. The third-order valence-electron chi connectivity index (χ3n) is 2.34. The van der Waals surface area contributed by atoms with Gasteiger partial charge in [0.15, 0.2) is 4.91 Å². The Hall–Kier alpha value is -1.42. The van der Waals surface area contributed by atoms with Crippen molar-refractivity contribution in [1.82, 2.24) is 0 Å². The van der Waals surface area contributed by atoms with E-state index in [0.717, 1.165) is 9.35 Å². The molecule has 19 heavy (non-hydrogen) atoms. The SMILES string of the molecule is N#C/C(=C/c1cccs1)S(=O)(=O)c1ccc(Br)cc1.